The first kappa shape index (κ1) is 15.9. The zero-order valence-electron chi connectivity index (χ0n) is 10.8. The second-order valence-electron chi connectivity index (χ2n) is 4.67. The van der Waals surface area contributed by atoms with Crippen molar-refractivity contribution in [3.8, 4) is 0 Å². The van der Waals surface area contributed by atoms with E-state index in [-0.39, 0.29) is 24.4 Å². The number of aryl methyl sites for hydroxylation is 1. The maximum atomic E-state index is 12.9. The first-order chi connectivity index (χ1) is 8.75. The molecular formula is C14H20ClFN2O. The van der Waals surface area contributed by atoms with Gasteiger partial charge in [0.15, 0.2) is 0 Å². The fourth-order valence-electron chi connectivity index (χ4n) is 2.16. The van der Waals surface area contributed by atoms with Crippen LogP contribution in [0.5, 0.6) is 0 Å². The lowest BCUT2D eigenvalue weighted by molar-refractivity contribution is -0.122. The van der Waals surface area contributed by atoms with E-state index in [9.17, 15) is 9.18 Å². The van der Waals surface area contributed by atoms with Crippen molar-refractivity contribution in [1.29, 1.82) is 0 Å². The number of alkyl halides is 1. The summed E-state index contributed by atoms with van der Waals surface area (Å²) < 4.78 is 12.9. The molecule has 2 rings (SSSR count). The molecule has 2 N–H and O–H groups in total. The Kier molecular flexibility index (Phi) is 6.81. The third-order valence-electron chi connectivity index (χ3n) is 3.18. The van der Waals surface area contributed by atoms with Crippen LogP contribution in [-0.2, 0) is 11.2 Å². The summed E-state index contributed by atoms with van der Waals surface area (Å²) in [4.78, 5) is 11.7. The molecule has 0 aliphatic carbocycles. The molecule has 1 fully saturated rings. The normalized spacial score (nSPS) is 21.7. The van der Waals surface area contributed by atoms with Crippen LogP contribution in [0.15, 0.2) is 30.3 Å². The SMILES string of the molecule is Cl.O=C(NCCCc1ccccc1)C1CC(F)CN1. The summed E-state index contributed by atoms with van der Waals surface area (Å²) in [6, 6.07) is 9.82. The van der Waals surface area contributed by atoms with Gasteiger partial charge in [-0.2, -0.15) is 0 Å². The van der Waals surface area contributed by atoms with Crippen LogP contribution < -0.4 is 10.6 Å². The van der Waals surface area contributed by atoms with Crippen LogP contribution in [-0.4, -0.2) is 31.2 Å². The van der Waals surface area contributed by atoms with E-state index in [1.807, 2.05) is 18.2 Å². The number of carbonyl (C=O) groups excluding carboxylic acids is 1. The van der Waals surface area contributed by atoms with Gasteiger partial charge in [0.25, 0.3) is 0 Å². The predicted octanol–water partition coefficient (Wildman–Crippen LogP) is 1.86. The first-order valence-corrected chi connectivity index (χ1v) is 6.45. The van der Waals surface area contributed by atoms with E-state index in [1.165, 1.54) is 5.56 Å². The van der Waals surface area contributed by atoms with Crippen molar-refractivity contribution in [1.82, 2.24) is 10.6 Å². The number of benzene rings is 1. The van der Waals surface area contributed by atoms with Gasteiger partial charge in [0.05, 0.1) is 6.04 Å². The highest BCUT2D eigenvalue weighted by Gasteiger charge is 2.28. The maximum absolute atomic E-state index is 12.9. The molecule has 2 unspecified atom stereocenters. The predicted molar refractivity (Wildman–Crippen MR) is 76.3 cm³/mol. The Balaban J connectivity index is 0.00000180. The number of hydrogen-bond acceptors (Lipinski definition) is 2. The van der Waals surface area contributed by atoms with E-state index in [0.717, 1.165) is 12.8 Å². The highest BCUT2D eigenvalue weighted by molar-refractivity contribution is 5.85. The van der Waals surface area contributed by atoms with Gasteiger partial charge >= 0.3 is 0 Å². The summed E-state index contributed by atoms with van der Waals surface area (Å²) in [5, 5.41) is 5.72. The van der Waals surface area contributed by atoms with Crippen molar-refractivity contribution >= 4 is 18.3 Å². The highest BCUT2D eigenvalue weighted by atomic mass is 35.5. The van der Waals surface area contributed by atoms with E-state index < -0.39 is 6.17 Å². The van der Waals surface area contributed by atoms with Crippen LogP contribution in [0, 0.1) is 0 Å². The van der Waals surface area contributed by atoms with Gasteiger partial charge in [-0.1, -0.05) is 30.3 Å². The van der Waals surface area contributed by atoms with Crippen molar-refractivity contribution in [3.63, 3.8) is 0 Å². The van der Waals surface area contributed by atoms with Crippen molar-refractivity contribution < 1.29 is 9.18 Å². The van der Waals surface area contributed by atoms with Gasteiger partial charge in [0.2, 0.25) is 5.91 Å². The molecule has 1 aromatic rings. The maximum Gasteiger partial charge on any atom is 0.237 e. The lowest BCUT2D eigenvalue weighted by atomic mass is 10.1. The van der Waals surface area contributed by atoms with Crippen molar-refractivity contribution in [2.75, 3.05) is 13.1 Å². The van der Waals surface area contributed by atoms with Gasteiger partial charge in [0.1, 0.15) is 6.17 Å². The minimum atomic E-state index is -0.884. The monoisotopic (exact) mass is 286 g/mol. The highest BCUT2D eigenvalue weighted by Crippen LogP contribution is 2.09. The lowest BCUT2D eigenvalue weighted by Gasteiger charge is -2.10. The molecule has 1 heterocycles. The Morgan fingerprint density at radius 1 is 1.37 bits per heavy atom. The van der Waals surface area contributed by atoms with Gasteiger partial charge in [-0.05, 0) is 18.4 Å². The number of amides is 1. The van der Waals surface area contributed by atoms with E-state index in [0.29, 0.717) is 19.5 Å². The zero-order valence-corrected chi connectivity index (χ0v) is 11.6. The average Bonchev–Trinajstić information content (AvgIpc) is 2.82. The standard InChI is InChI=1S/C14H19FN2O.ClH/c15-12-9-13(17-10-12)14(18)16-8-4-7-11-5-2-1-3-6-11;/h1-3,5-6,12-13,17H,4,7-10H2,(H,16,18);1H. The average molecular weight is 287 g/mol. The Labute approximate surface area is 119 Å². The summed E-state index contributed by atoms with van der Waals surface area (Å²) in [6.07, 6.45) is 1.27. The molecular weight excluding hydrogens is 267 g/mol. The summed E-state index contributed by atoms with van der Waals surface area (Å²) in [5.41, 5.74) is 1.27. The first-order valence-electron chi connectivity index (χ1n) is 6.45. The molecule has 0 aromatic heterocycles. The van der Waals surface area contributed by atoms with Crippen LogP contribution in [0.3, 0.4) is 0 Å². The summed E-state index contributed by atoms with van der Waals surface area (Å²) in [7, 11) is 0. The molecule has 19 heavy (non-hydrogen) atoms. The molecule has 0 bridgehead atoms. The third kappa shape index (κ3) is 5.17. The van der Waals surface area contributed by atoms with Crippen molar-refractivity contribution in [2.45, 2.75) is 31.5 Å². The second-order valence-corrected chi connectivity index (χ2v) is 4.67. The molecule has 1 aliphatic heterocycles. The minimum absolute atomic E-state index is 0. The van der Waals surface area contributed by atoms with E-state index >= 15 is 0 Å². The second kappa shape index (κ2) is 8.12. The van der Waals surface area contributed by atoms with Gasteiger partial charge < -0.3 is 10.6 Å². The van der Waals surface area contributed by atoms with E-state index in [1.54, 1.807) is 0 Å². The van der Waals surface area contributed by atoms with Gasteiger partial charge in [0, 0.05) is 19.5 Å². The van der Waals surface area contributed by atoms with Crippen LogP contribution >= 0.6 is 12.4 Å². The molecule has 1 aromatic carbocycles. The fraction of sp³-hybridized carbons (Fsp3) is 0.500. The van der Waals surface area contributed by atoms with Crippen LogP contribution in [0.1, 0.15) is 18.4 Å². The summed E-state index contributed by atoms with van der Waals surface area (Å²) in [5.74, 6) is -0.0804. The fourth-order valence-corrected chi connectivity index (χ4v) is 2.16. The molecule has 3 nitrogen and oxygen atoms in total. The topological polar surface area (TPSA) is 41.1 Å². The number of halogens is 2. The Bertz CT molecular complexity index is 388. The zero-order chi connectivity index (χ0) is 12.8. The van der Waals surface area contributed by atoms with Crippen LogP contribution in [0.25, 0.3) is 0 Å². The number of carbonyl (C=O) groups is 1. The minimum Gasteiger partial charge on any atom is -0.355 e. The lowest BCUT2D eigenvalue weighted by Crippen LogP contribution is -2.40. The molecule has 2 atom stereocenters. The third-order valence-corrected chi connectivity index (χ3v) is 3.18. The van der Waals surface area contributed by atoms with Crippen molar-refractivity contribution in [2.24, 2.45) is 0 Å². The quantitative estimate of drug-likeness (QED) is 0.811. The molecule has 5 heteroatoms. The van der Waals surface area contributed by atoms with Crippen molar-refractivity contribution in [3.05, 3.63) is 35.9 Å². The Morgan fingerprint density at radius 2 is 2.11 bits per heavy atom. The molecule has 0 radical (unpaired) electrons. The van der Waals surface area contributed by atoms with Crippen LogP contribution in [0.4, 0.5) is 4.39 Å². The van der Waals surface area contributed by atoms with Crippen LogP contribution in [0.2, 0.25) is 0 Å². The summed E-state index contributed by atoms with van der Waals surface area (Å²) >= 11 is 0. The smallest absolute Gasteiger partial charge is 0.237 e. The number of nitrogens with one attached hydrogen (secondary N) is 2. The largest absolute Gasteiger partial charge is 0.355 e. The molecule has 1 aliphatic rings. The van der Waals surface area contributed by atoms with E-state index in [2.05, 4.69) is 22.8 Å². The number of rotatable bonds is 5. The summed E-state index contributed by atoms with van der Waals surface area (Å²) in [6.45, 7) is 0.935. The molecule has 0 spiro atoms. The number of hydrogen-bond donors (Lipinski definition) is 2. The van der Waals surface area contributed by atoms with Gasteiger partial charge in [-0.25, -0.2) is 4.39 Å². The van der Waals surface area contributed by atoms with Gasteiger partial charge in [-0.15, -0.1) is 12.4 Å². The van der Waals surface area contributed by atoms with Gasteiger partial charge in [-0.3, -0.25) is 4.79 Å². The molecule has 1 amide bonds. The molecule has 106 valence electrons. The Morgan fingerprint density at radius 3 is 2.74 bits per heavy atom. The van der Waals surface area contributed by atoms with E-state index in [4.69, 9.17) is 0 Å². The molecule has 1 saturated heterocycles. The molecule has 0 saturated carbocycles. The Hall–Kier alpha value is -1.13.